The molecule has 8 nitrogen and oxygen atoms in total. The van der Waals surface area contributed by atoms with E-state index in [1.54, 1.807) is 24.5 Å². The minimum absolute atomic E-state index is 0.229. The summed E-state index contributed by atoms with van der Waals surface area (Å²) >= 11 is 0. The van der Waals surface area contributed by atoms with Crippen molar-refractivity contribution in [2.24, 2.45) is 0 Å². The summed E-state index contributed by atoms with van der Waals surface area (Å²) < 4.78 is 11.1. The first-order valence-electron chi connectivity index (χ1n) is 10.3. The Balaban J connectivity index is 1.33. The van der Waals surface area contributed by atoms with Gasteiger partial charge in [-0.25, -0.2) is 15.0 Å². The third kappa shape index (κ3) is 4.00. The van der Waals surface area contributed by atoms with Crippen LogP contribution in [0.5, 0.6) is 11.5 Å². The topological polar surface area (TPSA) is 96.2 Å². The van der Waals surface area contributed by atoms with Gasteiger partial charge in [0.15, 0.2) is 11.5 Å². The highest BCUT2D eigenvalue weighted by molar-refractivity contribution is 5.52. The predicted octanol–water partition coefficient (Wildman–Crippen LogP) is 3.86. The van der Waals surface area contributed by atoms with Gasteiger partial charge in [0, 0.05) is 12.7 Å². The van der Waals surface area contributed by atoms with Crippen LogP contribution >= 0.6 is 0 Å². The maximum atomic E-state index is 8.89. The van der Waals surface area contributed by atoms with E-state index in [1.165, 1.54) is 11.1 Å². The molecule has 0 bridgehead atoms. The average molecular weight is 414 g/mol. The first-order valence-corrected chi connectivity index (χ1v) is 10.3. The number of ether oxygens (including phenoxy) is 2. The zero-order chi connectivity index (χ0) is 21.2. The number of nitrogens with one attached hydrogen (secondary N) is 1. The van der Waals surface area contributed by atoms with E-state index in [0.717, 1.165) is 48.8 Å². The molecule has 31 heavy (non-hydrogen) atoms. The molecule has 1 fully saturated rings. The Bertz CT molecular complexity index is 1140. The molecule has 1 aromatic carbocycles. The highest BCUT2D eigenvalue weighted by atomic mass is 16.7. The molecular formula is C23H22N6O2. The Kier molecular flexibility index (Phi) is 5.10. The van der Waals surface area contributed by atoms with E-state index >= 15 is 0 Å². The largest absolute Gasteiger partial charge is 0.454 e. The predicted molar refractivity (Wildman–Crippen MR) is 114 cm³/mol. The van der Waals surface area contributed by atoms with E-state index in [2.05, 4.69) is 39.2 Å². The normalized spacial score (nSPS) is 17.5. The third-order valence-corrected chi connectivity index (χ3v) is 5.72. The number of hydrogen-bond acceptors (Lipinski definition) is 8. The second-order valence-electron chi connectivity index (χ2n) is 7.73. The van der Waals surface area contributed by atoms with Crippen molar-refractivity contribution >= 4 is 11.6 Å². The van der Waals surface area contributed by atoms with Crippen molar-refractivity contribution in [2.75, 3.05) is 18.7 Å². The Morgan fingerprint density at radius 2 is 2.06 bits per heavy atom. The fourth-order valence-electron chi connectivity index (χ4n) is 4.11. The number of nitriles is 1. The summed E-state index contributed by atoms with van der Waals surface area (Å²) in [4.78, 5) is 15.6. The molecule has 2 aliphatic heterocycles. The Morgan fingerprint density at radius 3 is 2.87 bits per heavy atom. The summed E-state index contributed by atoms with van der Waals surface area (Å²) in [6.07, 6.45) is 5.57. The van der Waals surface area contributed by atoms with Crippen molar-refractivity contribution in [3.05, 3.63) is 65.2 Å². The molecule has 0 amide bonds. The van der Waals surface area contributed by atoms with Crippen LogP contribution in [0.1, 0.15) is 41.4 Å². The fraction of sp³-hybridized carbons (Fsp3) is 0.304. The lowest BCUT2D eigenvalue weighted by Crippen LogP contribution is -2.24. The van der Waals surface area contributed by atoms with Gasteiger partial charge in [-0.1, -0.05) is 0 Å². The number of nitrogens with zero attached hydrogens (tertiary/aromatic N) is 5. The molecule has 1 atom stereocenters. The smallest absolute Gasteiger partial charge is 0.231 e. The number of aryl methyl sites for hydroxylation is 1. The van der Waals surface area contributed by atoms with Crippen LogP contribution in [0.3, 0.4) is 0 Å². The highest BCUT2D eigenvalue weighted by Gasteiger charge is 2.28. The minimum Gasteiger partial charge on any atom is -0.454 e. The van der Waals surface area contributed by atoms with Gasteiger partial charge in [-0.05, 0) is 67.8 Å². The van der Waals surface area contributed by atoms with Gasteiger partial charge >= 0.3 is 0 Å². The van der Waals surface area contributed by atoms with Gasteiger partial charge in [0.1, 0.15) is 11.8 Å². The lowest BCUT2D eigenvalue weighted by Gasteiger charge is -2.25. The molecule has 156 valence electrons. The van der Waals surface area contributed by atoms with Crippen molar-refractivity contribution in [1.29, 1.82) is 5.26 Å². The number of fused-ring (bicyclic) bond motifs is 1. The summed E-state index contributed by atoms with van der Waals surface area (Å²) in [6, 6.07) is 11.8. The number of pyridine rings is 1. The van der Waals surface area contributed by atoms with Crippen LogP contribution in [0.4, 0.5) is 11.6 Å². The summed E-state index contributed by atoms with van der Waals surface area (Å²) in [7, 11) is 0. The van der Waals surface area contributed by atoms with Crippen molar-refractivity contribution in [3.63, 3.8) is 0 Å². The molecule has 0 spiro atoms. The van der Waals surface area contributed by atoms with Crippen molar-refractivity contribution in [1.82, 2.24) is 19.9 Å². The van der Waals surface area contributed by atoms with Crippen LogP contribution in [0.2, 0.25) is 0 Å². The average Bonchev–Trinajstić information content (AvgIpc) is 3.44. The molecule has 3 aromatic rings. The van der Waals surface area contributed by atoms with Crippen molar-refractivity contribution in [2.45, 2.75) is 32.4 Å². The second kappa shape index (κ2) is 8.20. The van der Waals surface area contributed by atoms with Crippen molar-refractivity contribution < 1.29 is 9.47 Å². The lowest BCUT2D eigenvalue weighted by molar-refractivity contribution is 0.174. The number of aromatic nitrogens is 3. The number of benzene rings is 1. The number of rotatable bonds is 5. The van der Waals surface area contributed by atoms with Crippen LogP contribution < -0.4 is 14.8 Å². The zero-order valence-electron chi connectivity index (χ0n) is 17.2. The van der Waals surface area contributed by atoms with E-state index in [9.17, 15) is 0 Å². The SMILES string of the molecule is Cc1cc2c(cc1CN1CCC[C@H]1c1ccnc(Nc3ccc(C#N)nc3)n1)OCO2. The third-order valence-electron chi connectivity index (χ3n) is 5.72. The van der Waals surface area contributed by atoms with E-state index < -0.39 is 0 Å². The van der Waals surface area contributed by atoms with Gasteiger partial charge in [-0.15, -0.1) is 0 Å². The molecule has 4 heterocycles. The summed E-state index contributed by atoms with van der Waals surface area (Å²) in [6.45, 7) is 4.25. The summed E-state index contributed by atoms with van der Waals surface area (Å²) in [5.74, 6) is 2.17. The van der Waals surface area contributed by atoms with E-state index in [0.29, 0.717) is 11.6 Å². The molecule has 2 aliphatic rings. The maximum absolute atomic E-state index is 8.89. The number of anilines is 2. The number of likely N-dealkylation sites (tertiary alicyclic amines) is 1. The Labute approximate surface area is 180 Å². The highest BCUT2D eigenvalue weighted by Crippen LogP contribution is 2.37. The number of hydrogen-bond donors (Lipinski definition) is 1. The Hall–Kier alpha value is -3.70. The molecule has 1 saturated heterocycles. The monoisotopic (exact) mass is 414 g/mol. The molecule has 0 saturated carbocycles. The molecule has 0 unspecified atom stereocenters. The molecular weight excluding hydrogens is 392 g/mol. The van der Waals surface area contributed by atoms with Gasteiger partial charge in [0.05, 0.1) is 23.6 Å². The van der Waals surface area contributed by atoms with Gasteiger partial charge in [0.25, 0.3) is 0 Å². The Morgan fingerprint density at radius 1 is 1.19 bits per heavy atom. The van der Waals surface area contributed by atoms with Crippen molar-refractivity contribution in [3.8, 4) is 17.6 Å². The van der Waals surface area contributed by atoms with Crippen LogP contribution in [0, 0.1) is 18.3 Å². The van der Waals surface area contributed by atoms with Gasteiger partial charge < -0.3 is 14.8 Å². The lowest BCUT2D eigenvalue weighted by atomic mass is 10.1. The molecule has 8 heteroatoms. The maximum Gasteiger partial charge on any atom is 0.231 e. The summed E-state index contributed by atoms with van der Waals surface area (Å²) in [5.41, 5.74) is 4.56. The second-order valence-corrected chi connectivity index (χ2v) is 7.73. The molecule has 5 rings (SSSR count). The van der Waals surface area contributed by atoms with Crippen LogP contribution in [0.15, 0.2) is 42.7 Å². The first kappa shape index (κ1) is 19.3. The van der Waals surface area contributed by atoms with E-state index in [4.69, 9.17) is 19.7 Å². The van der Waals surface area contributed by atoms with Crippen LogP contribution in [-0.4, -0.2) is 33.2 Å². The molecule has 0 aliphatic carbocycles. The van der Waals surface area contributed by atoms with Crippen LogP contribution in [0.25, 0.3) is 0 Å². The zero-order valence-corrected chi connectivity index (χ0v) is 17.2. The van der Waals surface area contributed by atoms with E-state index in [1.807, 2.05) is 12.1 Å². The van der Waals surface area contributed by atoms with Crippen LogP contribution in [-0.2, 0) is 6.54 Å². The van der Waals surface area contributed by atoms with Gasteiger partial charge in [-0.2, -0.15) is 5.26 Å². The first-order chi connectivity index (χ1) is 15.2. The van der Waals surface area contributed by atoms with Gasteiger partial charge in [-0.3, -0.25) is 4.90 Å². The minimum atomic E-state index is 0.229. The van der Waals surface area contributed by atoms with Gasteiger partial charge in [0.2, 0.25) is 12.7 Å². The fourth-order valence-corrected chi connectivity index (χ4v) is 4.11. The molecule has 0 radical (unpaired) electrons. The summed E-state index contributed by atoms with van der Waals surface area (Å²) in [5, 5.41) is 12.1. The quantitative estimate of drug-likeness (QED) is 0.672. The standard InChI is InChI=1S/C23H22N6O2/c1-15-9-21-22(31-14-30-21)10-16(15)13-29-8-2-3-20(29)19-6-7-25-23(28-19)27-18-5-4-17(11-24)26-12-18/h4-7,9-10,12,20H,2-3,8,13-14H2,1H3,(H,25,27,28)/t20-/m0/s1. The molecule has 2 aromatic heterocycles. The molecule has 1 N–H and O–H groups in total. The van der Waals surface area contributed by atoms with E-state index in [-0.39, 0.29) is 12.8 Å².